The van der Waals surface area contributed by atoms with Crippen molar-refractivity contribution in [2.24, 2.45) is 0 Å². The van der Waals surface area contributed by atoms with Crippen LogP contribution in [0.25, 0.3) is 22.3 Å². The second-order valence-corrected chi connectivity index (χ2v) is 10.3. The summed E-state index contributed by atoms with van der Waals surface area (Å²) in [4.78, 5) is 29.3. The molecule has 0 atom stereocenters. The lowest BCUT2D eigenvalue weighted by atomic mass is 10.1. The Morgan fingerprint density at radius 2 is 1.81 bits per heavy atom. The summed E-state index contributed by atoms with van der Waals surface area (Å²) in [5, 5.41) is 2.34. The summed E-state index contributed by atoms with van der Waals surface area (Å²) in [5.41, 5.74) is 5.84. The Morgan fingerprint density at radius 1 is 1.14 bits per heavy atom. The van der Waals surface area contributed by atoms with Crippen molar-refractivity contribution in [2.75, 3.05) is 17.5 Å². The SMILES string of the molecule is CCn1c(N)c(C(=O)NC)c(=O)c2ccc(-c3ccc(NS(=O)(=O)c4c(Cl)cccc4Cl)c(F)c3)nc21. The van der Waals surface area contributed by atoms with Crippen molar-refractivity contribution in [3.63, 3.8) is 0 Å². The average Bonchev–Trinajstić information content (AvgIpc) is 2.84. The van der Waals surface area contributed by atoms with Crippen LogP contribution < -0.4 is 21.2 Å². The Labute approximate surface area is 221 Å². The molecule has 0 fully saturated rings. The first-order valence-corrected chi connectivity index (χ1v) is 13.1. The molecule has 4 aromatic rings. The number of hydrogen-bond acceptors (Lipinski definition) is 6. The maximum atomic E-state index is 15.0. The van der Waals surface area contributed by atoms with Crippen molar-refractivity contribution < 1.29 is 17.6 Å². The molecular formula is C24H20Cl2FN5O4S. The number of pyridine rings is 2. The molecule has 0 radical (unpaired) electrons. The number of carbonyl (C=O) groups excluding carboxylic acids is 1. The summed E-state index contributed by atoms with van der Waals surface area (Å²) in [6.07, 6.45) is 0. The Hall–Kier alpha value is -3.67. The molecule has 2 heterocycles. The highest BCUT2D eigenvalue weighted by Crippen LogP contribution is 2.32. The lowest BCUT2D eigenvalue weighted by molar-refractivity contribution is 0.0962. The van der Waals surface area contributed by atoms with Crippen molar-refractivity contribution in [3.8, 4) is 11.3 Å². The third kappa shape index (κ3) is 4.73. The molecule has 0 aliphatic rings. The molecule has 37 heavy (non-hydrogen) atoms. The van der Waals surface area contributed by atoms with Crippen LogP contribution in [-0.4, -0.2) is 30.9 Å². The van der Waals surface area contributed by atoms with Gasteiger partial charge in [0, 0.05) is 19.2 Å². The molecule has 0 bridgehead atoms. The summed E-state index contributed by atoms with van der Waals surface area (Å²) >= 11 is 12.0. The molecule has 0 unspecified atom stereocenters. The van der Waals surface area contributed by atoms with Gasteiger partial charge in [0.2, 0.25) is 5.43 Å². The predicted octanol–water partition coefficient (Wildman–Crippen LogP) is 4.27. The van der Waals surface area contributed by atoms with E-state index < -0.39 is 27.2 Å². The highest BCUT2D eigenvalue weighted by Gasteiger charge is 2.24. The number of hydrogen-bond donors (Lipinski definition) is 3. The van der Waals surface area contributed by atoms with E-state index in [0.717, 1.165) is 6.07 Å². The van der Waals surface area contributed by atoms with E-state index in [0.29, 0.717) is 17.8 Å². The standard InChI is InChI=1S/C24H20Cl2FN5O4S/c1-3-32-22(28)19(24(34)29-2)20(33)13-8-10-17(30-23(13)32)12-7-9-18(16(27)11-12)31-37(35,36)21-14(25)5-4-6-15(21)26/h4-11,31H,3,28H2,1-2H3,(H,29,34). The molecule has 0 aliphatic heterocycles. The highest BCUT2D eigenvalue weighted by molar-refractivity contribution is 7.93. The van der Waals surface area contributed by atoms with E-state index in [1.165, 1.54) is 54.1 Å². The molecule has 4 rings (SSSR count). The van der Waals surface area contributed by atoms with Gasteiger partial charge in [-0.2, -0.15) is 0 Å². The summed E-state index contributed by atoms with van der Waals surface area (Å²) in [6, 6.07) is 11.0. The van der Waals surface area contributed by atoms with E-state index in [9.17, 15) is 18.0 Å². The molecule has 4 N–H and O–H groups in total. The topological polar surface area (TPSA) is 136 Å². The summed E-state index contributed by atoms with van der Waals surface area (Å²) in [5.74, 6) is -1.54. The number of aryl methyl sites for hydroxylation is 1. The number of nitrogen functional groups attached to an aromatic ring is 1. The smallest absolute Gasteiger partial charge is 0.264 e. The van der Waals surface area contributed by atoms with Crippen molar-refractivity contribution in [2.45, 2.75) is 18.4 Å². The Kier molecular flexibility index (Phi) is 7.13. The van der Waals surface area contributed by atoms with Crippen molar-refractivity contribution in [1.82, 2.24) is 14.9 Å². The Balaban J connectivity index is 1.77. The molecule has 2 aromatic carbocycles. The van der Waals surface area contributed by atoms with Gasteiger partial charge in [-0.25, -0.2) is 17.8 Å². The van der Waals surface area contributed by atoms with Gasteiger partial charge in [0.25, 0.3) is 15.9 Å². The van der Waals surface area contributed by atoms with Crippen molar-refractivity contribution in [3.05, 3.63) is 80.2 Å². The predicted molar refractivity (Wildman–Crippen MR) is 142 cm³/mol. The molecule has 0 aliphatic carbocycles. The molecule has 0 saturated carbocycles. The van der Waals surface area contributed by atoms with Gasteiger partial charge in [-0.1, -0.05) is 35.3 Å². The summed E-state index contributed by atoms with van der Waals surface area (Å²) in [6.45, 7) is 2.08. The van der Waals surface area contributed by atoms with Crippen LogP contribution in [0.1, 0.15) is 17.3 Å². The van der Waals surface area contributed by atoms with Crippen LogP contribution in [0.4, 0.5) is 15.9 Å². The summed E-state index contributed by atoms with van der Waals surface area (Å²) in [7, 11) is -2.90. The first kappa shape index (κ1) is 26.4. The van der Waals surface area contributed by atoms with Crippen LogP contribution >= 0.6 is 23.2 Å². The quantitative estimate of drug-likeness (QED) is 0.320. The van der Waals surface area contributed by atoms with E-state index in [-0.39, 0.29) is 43.0 Å². The van der Waals surface area contributed by atoms with Gasteiger partial charge < -0.3 is 15.6 Å². The minimum Gasteiger partial charge on any atom is -0.384 e. The third-order valence-electron chi connectivity index (χ3n) is 5.62. The third-order valence-corrected chi connectivity index (χ3v) is 7.94. The molecule has 0 spiro atoms. The zero-order chi connectivity index (χ0) is 27.1. The number of nitrogens with one attached hydrogen (secondary N) is 2. The number of nitrogens with zero attached hydrogens (tertiary/aromatic N) is 2. The molecule has 13 heteroatoms. The van der Waals surface area contributed by atoms with Gasteiger partial charge in [-0.15, -0.1) is 0 Å². The minimum atomic E-state index is -4.29. The minimum absolute atomic E-state index is 0.0434. The Bertz CT molecular complexity index is 1720. The van der Waals surface area contributed by atoms with Gasteiger partial charge in [0.15, 0.2) is 0 Å². The number of nitrogens with two attached hydrogens (primary N) is 1. The van der Waals surface area contributed by atoms with Gasteiger partial charge >= 0.3 is 0 Å². The maximum Gasteiger partial charge on any atom is 0.264 e. The van der Waals surface area contributed by atoms with Crippen LogP contribution in [0, 0.1) is 5.82 Å². The van der Waals surface area contributed by atoms with Crippen LogP contribution in [0.3, 0.4) is 0 Å². The van der Waals surface area contributed by atoms with E-state index in [1.54, 1.807) is 6.92 Å². The second-order valence-electron chi connectivity index (χ2n) is 7.83. The number of rotatable bonds is 6. The van der Waals surface area contributed by atoms with Crippen LogP contribution in [0.2, 0.25) is 10.0 Å². The fraction of sp³-hybridized carbons (Fsp3) is 0.125. The number of halogens is 3. The number of aromatic nitrogens is 2. The number of sulfonamides is 1. The first-order chi connectivity index (χ1) is 17.5. The molecule has 192 valence electrons. The lowest BCUT2D eigenvalue weighted by Crippen LogP contribution is -2.30. The van der Waals surface area contributed by atoms with Crippen LogP contribution in [-0.2, 0) is 16.6 Å². The first-order valence-electron chi connectivity index (χ1n) is 10.8. The number of carbonyl (C=O) groups is 1. The Morgan fingerprint density at radius 3 is 2.41 bits per heavy atom. The van der Waals surface area contributed by atoms with Crippen LogP contribution in [0.15, 0.2) is 58.2 Å². The fourth-order valence-electron chi connectivity index (χ4n) is 3.85. The lowest BCUT2D eigenvalue weighted by Gasteiger charge is -2.16. The number of benzene rings is 2. The van der Waals surface area contributed by atoms with E-state index in [1.807, 2.05) is 0 Å². The van der Waals surface area contributed by atoms with E-state index >= 15 is 4.39 Å². The van der Waals surface area contributed by atoms with Crippen LogP contribution in [0.5, 0.6) is 0 Å². The number of anilines is 2. The number of fused-ring (bicyclic) bond motifs is 1. The molecular weight excluding hydrogens is 544 g/mol. The molecule has 9 nitrogen and oxygen atoms in total. The van der Waals surface area contributed by atoms with Crippen molar-refractivity contribution in [1.29, 1.82) is 0 Å². The molecule has 2 aromatic heterocycles. The van der Waals surface area contributed by atoms with E-state index in [2.05, 4.69) is 15.0 Å². The van der Waals surface area contributed by atoms with Gasteiger partial charge in [-0.05, 0) is 43.3 Å². The number of amides is 1. The normalized spacial score (nSPS) is 11.5. The fourth-order valence-corrected chi connectivity index (χ4v) is 6.06. The zero-order valence-corrected chi connectivity index (χ0v) is 21.8. The van der Waals surface area contributed by atoms with Crippen molar-refractivity contribution >= 4 is 61.7 Å². The molecule has 1 amide bonds. The second kappa shape index (κ2) is 10.0. The maximum absolute atomic E-state index is 15.0. The van der Waals surface area contributed by atoms with Gasteiger partial charge in [0.05, 0.1) is 26.8 Å². The monoisotopic (exact) mass is 563 g/mol. The zero-order valence-electron chi connectivity index (χ0n) is 19.5. The molecule has 0 saturated heterocycles. The van der Waals surface area contributed by atoms with Gasteiger partial charge in [0.1, 0.15) is 27.7 Å². The van der Waals surface area contributed by atoms with Gasteiger partial charge in [-0.3, -0.25) is 14.3 Å². The highest BCUT2D eigenvalue weighted by atomic mass is 35.5. The van der Waals surface area contributed by atoms with E-state index in [4.69, 9.17) is 28.9 Å². The average molecular weight is 564 g/mol. The summed E-state index contributed by atoms with van der Waals surface area (Å²) < 4.78 is 44.3. The largest absolute Gasteiger partial charge is 0.384 e.